The molecule has 0 aromatic heterocycles. The Morgan fingerprint density at radius 3 is 1.20 bits per heavy atom. The second kappa shape index (κ2) is 17.3. The Kier molecular flexibility index (Phi) is 11.9. The van der Waals surface area contributed by atoms with E-state index in [0.717, 1.165) is 95.7 Å². The summed E-state index contributed by atoms with van der Waals surface area (Å²) in [7, 11) is 0. The smallest absolute Gasteiger partial charge is 0.0602 e. The lowest BCUT2D eigenvalue weighted by Gasteiger charge is -2.50. The number of hydrogen-bond acceptors (Lipinski definition) is 6. The van der Waals surface area contributed by atoms with Gasteiger partial charge in [0.2, 0.25) is 0 Å². The van der Waals surface area contributed by atoms with Crippen LogP contribution in [0, 0.1) is 47.3 Å². The second-order valence-corrected chi connectivity index (χ2v) is 22.7. The Morgan fingerprint density at radius 1 is 0.321 bits per heavy atom. The fourth-order valence-corrected chi connectivity index (χ4v) is 18.1. The third-order valence-corrected chi connectivity index (χ3v) is 20.2. The van der Waals surface area contributed by atoms with Gasteiger partial charge in [0.25, 0.3) is 0 Å². The lowest BCUT2D eigenvalue weighted by Crippen LogP contribution is -2.60. The number of rotatable bonds is 6. The van der Waals surface area contributed by atoms with Crippen LogP contribution < -0.4 is 21.3 Å². The van der Waals surface area contributed by atoms with Crippen LogP contribution in [0.4, 0.5) is 0 Å². The summed E-state index contributed by atoms with van der Waals surface area (Å²) in [4.78, 5) is 6.78. The molecule has 0 radical (unpaired) electrons. The number of hydrogen-bond donors (Lipinski definition) is 4. The van der Waals surface area contributed by atoms with Gasteiger partial charge in [0.15, 0.2) is 0 Å². The molecule has 16 atom stereocenters. The van der Waals surface area contributed by atoms with Crippen molar-refractivity contribution in [3.05, 3.63) is 0 Å². The van der Waals surface area contributed by atoms with Crippen LogP contribution in [0.15, 0.2) is 0 Å². The van der Waals surface area contributed by atoms with Crippen LogP contribution >= 0.6 is 0 Å². The van der Waals surface area contributed by atoms with Crippen LogP contribution in [-0.2, 0) is 0 Å². The largest absolute Gasteiger partial charge is 0.302 e. The standard InChI is InChI=1S/C50H86N6/c1-3-13-33(14-4-1)49-51-29-27-41(53-49)35-17-11-19-37(31-35)55-43-23-9-7-21-39(43)47-45(55)25-26-46-48(47)40-22-8-10-24-44(40)56(46)38-20-12-18-36(32-38)42-28-30-52-50(54-42)34-15-5-2-6-16-34/h33-54H,1-32H2. The maximum absolute atomic E-state index is 4.31. The summed E-state index contributed by atoms with van der Waals surface area (Å²) in [5, 5.41) is 16.6. The molecular weight excluding hydrogens is 685 g/mol. The monoisotopic (exact) mass is 771 g/mol. The van der Waals surface area contributed by atoms with E-state index in [9.17, 15) is 0 Å². The first-order valence-electron chi connectivity index (χ1n) is 26.3. The molecule has 16 unspecified atom stereocenters. The summed E-state index contributed by atoms with van der Waals surface area (Å²) >= 11 is 0. The Balaban J connectivity index is 0.806. The summed E-state index contributed by atoms with van der Waals surface area (Å²) in [6.45, 7) is 2.50. The van der Waals surface area contributed by atoms with Crippen molar-refractivity contribution < 1.29 is 0 Å². The fraction of sp³-hybridized carbons (Fsp3) is 1.00. The molecule has 11 aliphatic rings. The number of fused-ring (bicyclic) bond motifs is 7. The van der Waals surface area contributed by atoms with Crippen molar-refractivity contribution in [1.82, 2.24) is 31.1 Å². The van der Waals surface area contributed by atoms with Crippen LogP contribution in [0.2, 0.25) is 0 Å². The van der Waals surface area contributed by atoms with Gasteiger partial charge in [-0.15, -0.1) is 0 Å². The van der Waals surface area contributed by atoms with Crippen molar-refractivity contribution in [2.45, 2.75) is 253 Å². The van der Waals surface area contributed by atoms with Gasteiger partial charge in [-0.05, 0) is 176 Å². The van der Waals surface area contributed by atoms with Gasteiger partial charge in [0.1, 0.15) is 0 Å². The minimum Gasteiger partial charge on any atom is -0.302 e. The zero-order valence-corrected chi connectivity index (χ0v) is 35.9. The van der Waals surface area contributed by atoms with Gasteiger partial charge in [-0.25, -0.2) is 0 Å². The lowest BCUT2D eigenvalue weighted by atomic mass is 9.61. The third kappa shape index (κ3) is 7.34. The first-order chi connectivity index (χ1) is 27.8. The maximum Gasteiger partial charge on any atom is 0.0602 e. The normalized spacial score (nSPS) is 50.1. The summed E-state index contributed by atoms with van der Waals surface area (Å²) in [5.74, 6) is 7.56. The molecular formula is C50H86N6. The van der Waals surface area contributed by atoms with Gasteiger partial charge in [-0.1, -0.05) is 77.0 Å². The van der Waals surface area contributed by atoms with Gasteiger partial charge in [0, 0.05) is 48.3 Å². The molecule has 0 aromatic rings. The van der Waals surface area contributed by atoms with Crippen LogP contribution in [-0.4, -0.2) is 83.6 Å². The van der Waals surface area contributed by atoms with Gasteiger partial charge in [-0.3, -0.25) is 20.4 Å². The minimum absolute atomic E-state index is 0.589. The lowest BCUT2D eigenvalue weighted by molar-refractivity contribution is 0.00490. The zero-order chi connectivity index (χ0) is 37.0. The molecule has 7 aliphatic carbocycles. The van der Waals surface area contributed by atoms with Crippen LogP contribution in [0.3, 0.4) is 0 Å². The Bertz CT molecular complexity index is 1180. The summed E-state index contributed by atoms with van der Waals surface area (Å²) in [5.41, 5.74) is 0. The van der Waals surface area contributed by atoms with E-state index in [-0.39, 0.29) is 0 Å². The van der Waals surface area contributed by atoms with Crippen molar-refractivity contribution in [3.63, 3.8) is 0 Å². The highest BCUT2D eigenvalue weighted by atomic mass is 15.3. The molecule has 316 valence electrons. The molecule has 4 heterocycles. The Hall–Kier alpha value is -0.240. The van der Waals surface area contributed by atoms with E-state index < -0.39 is 0 Å². The summed E-state index contributed by atoms with van der Waals surface area (Å²) < 4.78 is 0. The molecule has 0 aromatic carbocycles. The highest BCUT2D eigenvalue weighted by Crippen LogP contribution is 2.61. The third-order valence-electron chi connectivity index (χ3n) is 20.2. The molecule has 7 saturated carbocycles. The molecule has 6 nitrogen and oxygen atoms in total. The molecule has 4 aliphatic heterocycles. The summed E-state index contributed by atoms with van der Waals surface area (Å²) in [6.07, 6.45) is 45.7. The molecule has 11 rings (SSSR count). The van der Waals surface area contributed by atoms with Gasteiger partial charge in [0.05, 0.1) is 12.3 Å². The van der Waals surface area contributed by atoms with Crippen molar-refractivity contribution in [2.75, 3.05) is 13.1 Å². The molecule has 6 heteroatoms. The van der Waals surface area contributed by atoms with E-state index in [1.807, 2.05) is 0 Å². The van der Waals surface area contributed by atoms with E-state index in [1.54, 1.807) is 12.8 Å². The number of likely N-dealkylation sites (tertiary alicyclic amines) is 2. The van der Waals surface area contributed by atoms with E-state index in [1.165, 1.54) is 193 Å². The van der Waals surface area contributed by atoms with Crippen LogP contribution in [0.1, 0.15) is 193 Å². The first kappa shape index (κ1) is 38.7. The van der Waals surface area contributed by atoms with E-state index in [0.29, 0.717) is 12.3 Å². The number of nitrogens with zero attached hydrogens (tertiary/aromatic N) is 2. The molecule has 4 N–H and O–H groups in total. The van der Waals surface area contributed by atoms with Crippen molar-refractivity contribution in [2.24, 2.45) is 47.3 Å². The Labute approximate surface area is 343 Å². The first-order valence-corrected chi connectivity index (χ1v) is 26.3. The van der Waals surface area contributed by atoms with E-state index in [2.05, 4.69) is 31.1 Å². The SMILES string of the molecule is C1CCC(C2NCCC(C3CCCC(N4C5CCCCC5C5C6C7CCCCC7N(C7CCCC(C8CCNC(C9CCCCC9)N8)C7)C6CCC54)C3)N2)CC1. The van der Waals surface area contributed by atoms with E-state index >= 15 is 0 Å². The molecule has 0 bridgehead atoms. The fourth-order valence-electron chi connectivity index (χ4n) is 18.1. The van der Waals surface area contributed by atoms with Gasteiger partial charge in [-0.2, -0.15) is 0 Å². The van der Waals surface area contributed by atoms with Crippen molar-refractivity contribution in [1.29, 1.82) is 0 Å². The second-order valence-electron chi connectivity index (χ2n) is 22.7. The maximum atomic E-state index is 4.31. The average molecular weight is 771 g/mol. The average Bonchev–Trinajstić information content (AvgIpc) is 3.80. The molecule has 56 heavy (non-hydrogen) atoms. The predicted octanol–water partition coefficient (Wildman–Crippen LogP) is 9.33. The van der Waals surface area contributed by atoms with Crippen molar-refractivity contribution in [3.8, 4) is 0 Å². The Morgan fingerprint density at radius 2 is 0.732 bits per heavy atom. The molecule has 11 fully saturated rings. The topological polar surface area (TPSA) is 54.6 Å². The molecule has 4 saturated heterocycles. The van der Waals surface area contributed by atoms with Crippen LogP contribution in [0.5, 0.6) is 0 Å². The van der Waals surface area contributed by atoms with Gasteiger partial charge >= 0.3 is 0 Å². The predicted molar refractivity (Wildman–Crippen MR) is 230 cm³/mol. The van der Waals surface area contributed by atoms with Gasteiger partial charge < -0.3 is 10.6 Å². The minimum atomic E-state index is 0.589. The number of nitrogens with one attached hydrogen (secondary N) is 4. The quantitative estimate of drug-likeness (QED) is 0.216. The van der Waals surface area contributed by atoms with Crippen LogP contribution in [0.25, 0.3) is 0 Å². The molecule has 0 amide bonds. The highest BCUT2D eigenvalue weighted by molar-refractivity contribution is 5.16. The highest BCUT2D eigenvalue weighted by Gasteiger charge is 2.63. The van der Waals surface area contributed by atoms with E-state index in [4.69, 9.17) is 0 Å². The summed E-state index contributed by atoms with van der Waals surface area (Å²) in [6, 6.07) is 6.87. The zero-order valence-electron chi connectivity index (χ0n) is 35.9. The van der Waals surface area contributed by atoms with Crippen molar-refractivity contribution >= 4 is 0 Å². The molecule has 0 spiro atoms.